The van der Waals surface area contributed by atoms with Crippen molar-refractivity contribution in [3.05, 3.63) is 17.0 Å². The molecule has 0 spiro atoms. The maximum Gasteiger partial charge on any atom is 0.410 e. The Labute approximate surface area is 148 Å². The maximum absolute atomic E-state index is 13.0. The lowest BCUT2D eigenvalue weighted by Gasteiger charge is -2.31. The molecule has 0 bridgehead atoms. The van der Waals surface area contributed by atoms with Gasteiger partial charge >= 0.3 is 6.09 Å². The number of carbonyl (C=O) groups is 2. The van der Waals surface area contributed by atoms with Crippen LogP contribution in [0.5, 0.6) is 0 Å². The number of aromatic nitrogens is 2. The van der Waals surface area contributed by atoms with Gasteiger partial charge in [-0.1, -0.05) is 0 Å². The number of likely N-dealkylation sites (tertiary alicyclic amines) is 1. The number of carbonyl (C=O) groups excluding carboxylic acids is 2. The minimum Gasteiger partial charge on any atom is -0.444 e. The van der Waals surface area contributed by atoms with E-state index < -0.39 is 5.60 Å². The van der Waals surface area contributed by atoms with Gasteiger partial charge in [0.15, 0.2) is 0 Å². The lowest BCUT2D eigenvalue weighted by atomic mass is 10.0. The van der Waals surface area contributed by atoms with Crippen LogP contribution in [0, 0.1) is 0 Å². The Morgan fingerprint density at radius 3 is 2.36 bits per heavy atom. The Kier molecular flexibility index (Phi) is 4.75. The Morgan fingerprint density at radius 1 is 1.04 bits per heavy atom. The number of nitrogens with zero attached hydrogens (tertiary/aromatic N) is 4. The van der Waals surface area contributed by atoms with Gasteiger partial charge < -0.3 is 14.5 Å². The van der Waals surface area contributed by atoms with E-state index >= 15 is 0 Å². The summed E-state index contributed by atoms with van der Waals surface area (Å²) in [5.41, 5.74) is 1.88. The van der Waals surface area contributed by atoms with Crippen molar-refractivity contribution in [1.82, 2.24) is 19.6 Å². The minimum atomic E-state index is -0.529. The molecular formula is C18H28N4O3. The lowest BCUT2D eigenvalue weighted by Crippen LogP contribution is -2.41. The average Bonchev–Trinajstić information content (AvgIpc) is 2.88. The molecule has 0 aromatic carbocycles. The molecule has 1 saturated heterocycles. The number of fused-ring (bicyclic) bond motifs is 1. The van der Waals surface area contributed by atoms with Crippen molar-refractivity contribution in [3.8, 4) is 0 Å². The fraction of sp³-hybridized carbons (Fsp3) is 0.722. The highest BCUT2D eigenvalue weighted by molar-refractivity contribution is 5.94. The second kappa shape index (κ2) is 6.69. The van der Waals surface area contributed by atoms with Crippen LogP contribution in [-0.4, -0.2) is 56.8 Å². The zero-order valence-corrected chi connectivity index (χ0v) is 15.7. The van der Waals surface area contributed by atoms with E-state index in [0.717, 1.165) is 37.2 Å². The van der Waals surface area contributed by atoms with Crippen LogP contribution in [0.1, 0.15) is 61.8 Å². The molecule has 1 aromatic heterocycles. The van der Waals surface area contributed by atoms with Gasteiger partial charge in [0.05, 0.1) is 12.2 Å². The Balaban J connectivity index is 1.81. The van der Waals surface area contributed by atoms with Crippen molar-refractivity contribution < 1.29 is 14.3 Å². The summed E-state index contributed by atoms with van der Waals surface area (Å²) in [6, 6.07) is 0. The number of ether oxygens (including phenoxy) is 1. The summed E-state index contributed by atoms with van der Waals surface area (Å²) in [6.07, 6.45) is 3.60. The third-order valence-corrected chi connectivity index (χ3v) is 4.69. The van der Waals surface area contributed by atoms with Crippen LogP contribution in [0.2, 0.25) is 0 Å². The summed E-state index contributed by atoms with van der Waals surface area (Å²) in [7, 11) is 1.81. The van der Waals surface area contributed by atoms with Gasteiger partial charge in [-0.15, -0.1) is 0 Å². The number of hydrogen-bond donors (Lipinski definition) is 0. The van der Waals surface area contributed by atoms with Crippen LogP contribution in [-0.2, 0) is 24.8 Å². The summed E-state index contributed by atoms with van der Waals surface area (Å²) in [5.74, 6) is 0.0296. The van der Waals surface area contributed by atoms with Crippen molar-refractivity contribution in [2.75, 3.05) is 19.6 Å². The first kappa shape index (κ1) is 17.8. The number of rotatable bonds is 1. The van der Waals surface area contributed by atoms with Gasteiger partial charge in [0.1, 0.15) is 11.3 Å². The first-order chi connectivity index (χ1) is 11.8. The largest absolute Gasteiger partial charge is 0.444 e. The van der Waals surface area contributed by atoms with E-state index in [0.29, 0.717) is 25.2 Å². The lowest BCUT2D eigenvalue weighted by molar-refractivity contribution is 0.0221. The molecule has 7 nitrogen and oxygen atoms in total. The minimum absolute atomic E-state index is 0.0296. The maximum atomic E-state index is 13.0. The van der Waals surface area contributed by atoms with E-state index in [2.05, 4.69) is 5.10 Å². The molecule has 0 aliphatic carbocycles. The molecule has 1 aromatic rings. The SMILES string of the molecule is Cn1nc2c(c1C(=O)N1CCCCC1)CN(C(=O)OC(C)(C)C)CC2. The molecule has 7 heteroatoms. The Bertz CT molecular complexity index is 669. The third-order valence-electron chi connectivity index (χ3n) is 4.69. The van der Waals surface area contributed by atoms with Gasteiger partial charge in [-0.25, -0.2) is 4.79 Å². The van der Waals surface area contributed by atoms with E-state index in [-0.39, 0.29) is 12.0 Å². The highest BCUT2D eigenvalue weighted by atomic mass is 16.6. The number of piperidine rings is 1. The second-order valence-electron chi connectivity index (χ2n) is 7.90. The van der Waals surface area contributed by atoms with E-state index in [4.69, 9.17) is 4.74 Å². The van der Waals surface area contributed by atoms with Gasteiger partial charge in [0.25, 0.3) is 5.91 Å². The van der Waals surface area contributed by atoms with E-state index in [1.54, 1.807) is 9.58 Å². The first-order valence-electron chi connectivity index (χ1n) is 9.08. The molecule has 3 heterocycles. The van der Waals surface area contributed by atoms with Crippen molar-refractivity contribution in [2.24, 2.45) is 7.05 Å². The summed E-state index contributed by atoms with van der Waals surface area (Å²) >= 11 is 0. The fourth-order valence-corrected chi connectivity index (χ4v) is 3.50. The van der Waals surface area contributed by atoms with Gasteiger partial charge in [-0.3, -0.25) is 9.48 Å². The van der Waals surface area contributed by atoms with Crippen LogP contribution >= 0.6 is 0 Å². The van der Waals surface area contributed by atoms with Crippen LogP contribution < -0.4 is 0 Å². The van der Waals surface area contributed by atoms with Crippen LogP contribution in [0.25, 0.3) is 0 Å². The number of aryl methyl sites for hydroxylation is 1. The zero-order valence-electron chi connectivity index (χ0n) is 15.7. The highest BCUT2D eigenvalue weighted by Crippen LogP contribution is 2.25. The normalized spacial score (nSPS) is 18.1. The van der Waals surface area contributed by atoms with E-state index in [1.165, 1.54) is 6.42 Å². The monoisotopic (exact) mass is 348 g/mol. The topological polar surface area (TPSA) is 67.7 Å². The quantitative estimate of drug-likeness (QED) is 0.781. The molecule has 138 valence electrons. The molecule has 0 unspecified atom stereocenters. The Morgan fingerprint density at radius 2 is 1.72 bits per heavy atom. The van der Waals surface area contributed by atoms with Gasteiger partial charge in [-0.05, 0) is 40.0 Å². The van der Waals surface area contributed by atoms with Gasteiger partial charge in [0.2, 0.25) is 0 Å². The summed E-state index contributed by atoms with van der Waals surface area (Å²) < 4.78 is 7.16. The molecule has 2 aliphatic heterocycles. The van der Waals surface area contributed by atoms with Gasteiger partial charge in [-0.2, -0.15) is 5.10 Å². The highest BCUT2D eigenvalue weighted by Gasteiger charge is 2.33. The number of amides is 2. The van der Waals surface area contributed by atoms with Crippen LogP contribution in [0.15, 0.2) is 0 Å². The molecule has 0 radical (unpaired) electrons. The predicted molar refractivity (Wildman–Crippen MR) is 93.3 cm³/mol. The second-order valence-corrected chi connectivity index (χ2v) is 7.90. The molecule has 2 amide bonds. The van der Waals surface area contributed by atoms with Crippen molar-refractivity contribution in [1.29, 1.82) is 0 Å². The fourth-order valence-electron chi connectivity index (χ4n) is 3.50. The summed E-state index contributed by atoms with van der Waals surface area (Å²) in [6.45, 7) is 8.12. The van der Waals surface area contributed by atoms with E-state index in [9.17, 15) is 9.59 Å². The summed E-state index contributed by atoms with van der Waals surface area (Å²) in [4.78, 5) is 29.0. The van der Waals surface area contributed by atoms with E-state index in [1.807, 2.05) is 32.7 Å². The first-order valence-corrected chi connectivity index (χ1v) is 9.08. The molecule has 0 N–H and O–H groups in total. The number of hydrogen-bond acceptors (Lipinski definition) is 4. The Hall–Kier alpha value is -2.05. The zero-order chi connectivity index (χ0) is 18.2. The van der Waals surface area contributed by atoms with Crippen molar-refractivity contribution in [3.63, 3.8) is 0 Å². The van der Waals surface area contributed by atoms with Crippen molar-refractivity contribution >= 4 is 12.0 Å². The summed E-state index contributed by atoms with van der Waals surface area (Å²) in [5, 5.41) is 4.53. The molecule has 2 aliphatic rings. The molecule has 1 fully saturated rings. The standard InChI is InChI=1S/C18H28N4O3/c1-18(2,3)25-17(24)22-11-8-14-13(12-22)15(20(4)19-14)16(23)21-9-6-5-7-10-21/h5-12H2,1-4H3. The molecule has 0 atom stereocenters. The molecule has 3 rings (SSSR count). The molecule has 25 heavy (non-hydrogen) atoms. The van der Waals surface area contributed by atoms with Crippen LogP contribution in [0.4, 0.5) is 4.79 Å². The smallest absolute Gasteiger partial charge is 0.410 e. The van der Waals surface area contributed by atoms with Crippen molar-refractivity contribution in [2.45, 2.75) is 58.6 Å². The molecule has 0 saturated carbocycles. The van der Waals surface area contributed by atoms with Crippen LogP contribution in [0.3, 0.4) is 0 Å². The van der Waals surface area contributed by atoms with Gasteiger partial charge in [0, 0.05) is 38.7 Å². The molecular weight excluding hydrogens is 320 g/mol. The average molecular weight is 348 g/mol. The predicted octanol–water partition coefficient (Wildman–Crippen LogP) is 2.34. The third kappa shape index (κ3) is 3.80.